The minimum atomic E-state index is -0.483. The SMILES string of the molecule is C/C=C(\C(=C/CC)CCc1nc(Cl)ncc1Cl)C1(C(N)=O)CC1. The maximum absolute atomic E-state index is 11.9. The van der Waals surface area contributed by atoms with E-state index in [1.54, 1.807) is 0 Å². The molecule has 1 amide bonds. The largest absolute Gasteiger partial charge is 0.369 e. The summed E-state index contributed by atoms with van der Waals surface area (Å²) in [5, 5.41) is 0.691. The summed E-state index contributed by atoms with van der Waals surface area (Å²) < 4.78 is 0. The van der Waals surface area contributed by atoms with Crippen molar-refractivity contribution in [3.63, 3.8) is 0 Å². The number of halogens is 2. The summed E-state index contributed by atoms with van der Waals surface area (Å²) in [5.41, 5.74) is 8.04. The summed E-state index contributed by atoms with van der Waals surface area (Å²) in [6.45, 7) is 4.03. The van der Waals surface area contributed by atoms with Gasteiger partial charge in [-0.05, 0) is 61.8 Å². The molecule has 0 aromatic carbocycles. The molecule has 1 aliphatic rings. The van der Waals surface area contributed by atoms with Gasteiger partial charge in [0, 0.05) is 0 Å². The number of amides is 1. The van der Waals surface area contributed by atoms with Crippen LogP contribution in [0.25, 0.3) is 0 Å². The zero-order chi connectivity index (χ0) is 17.0. The predicted molar refractivity (Wildman–Crippen MR) is 93.4 cm³/mol. The second-order valence-corrected chi connectivity index (χ2v) is 6.47. The van der Waals surface area contributed by atoms with E-state index in [9.17, 15) is 4.79 Å². The van der Waals surface area contributed by atoms with E-state index < -0.39 is 5.41 Å². The predicted octanol–water partition coefficient (Wildman–Crippen LogP) is 4.26. The molecule has 1 aliphatic carbocycles. The number of aryl methyl sites for hydroxylation is 1. The Hall–Kier alpha value is -1.39. The van der Waals surface area contributed by atoms with Gasteiger partial charge in [0.15, 0.2) is 0 Å². The van der Waals surface area contributed by atoms with Crippen molar-refractivity contribution < 1.29 is 4.79 Å². The average molecular weight is 354 g/mol. The summed E-state index contributed by atoms with van der Waals surface area (Å²) in [4.78, 5) is 19.9. The molecule has 0 aliphatic heterocycles. The first-order valence-electron chi connectivity index (χ1n) is 7.77. The van der Waals surface area contributed by atoms with E-state index in [0.29, 0.717) is 17.1 Å². The Morgan fingerprint density at radius 2 is 2.13 bits per heavy atom. The van der Waals surface area contributed by atoms with Gasteiger partial charge in [-0.25, -0.2) is 9.97 Å². The van der Waals surface area contributed by atoms with Crippen molar-refractivity contribution in [1.29, 1.82) is 0 Å². The zero-order valence-corrected chi connectivity index (χ0v) is 14.9. The third-order valence-corrected chi connectivity index (χ3v) is 4.74. The van der Waals surface area contributed by atoms with Crippen LogP contribution in [0.2, 0.25) is 10.3 Å². The Kier molecular flexibility index (Phi) is 5.82. The van der Waals surface area contributed by atoms with Crippen molar-refractivity contribution in [2.75, 3.05) is 0 Å². The normalized spacial score (nSPS) is 17.2. The van der Waals surface area contributed by atoms with Gasteiger partial charge in [-0.2, -0.15) is 0 Å². The van der Waals surface area contributed by atoms with E-state index in [2.05, 4.69) is 23.0 Å². The van der Waals surface area contributed by atoms with Crippen LogP contribution in [-0.2, 0) is 11.2 Å². The molecule has 6 heteroatoms. The van der Waals surface area contributed by atoms with Crippen molar-refractivity contribution in [3.05, 3.63) is 45.5 Å². The standard InChI is InChI=1S/C17H21Cl2N3O/c1-3-5-11(12(4-2)17(8-9-17)15(20)23)6-7-14-13(18)10-21-16(19)22-14/h4-5,10H,3,6-9H2,1-2H3,(H2,20,23)/b11-5-,12-4+. The molecule has 1 heterocycles. The number of hydrogen-bond acceptors (Lipinski definition) is 3. The second kappa shape index (κ2) is 7.45. The fourth-order valence-electron chi connectivity index (χ4n) is 2.94. The third-order valence-electron chi connectivity index (χ3n) is 4.24. The zero-order valence-electron chi connectivity index (χ0n) is 13.4. The minimum absolute atomic E-state index is 0.187. The molecule has 0 saturated heterocycles. The van der Waals surface area contributed by atoms with Gasteiger partial charge < -0.3 is 5.73 Å². The summed E-state index contributed by atoms with van der Waals surface area (Å²) in [7, 11) is 0. The number of aromatic nitrogens is 2. The molecule has 0 bridgehead atoms. The summed E-state index contributed by atoms with van der Waals surface area (Å²) in [5.74, 6) is -0.240. The Bertz CT molecular complexity index is 664. The molecule has 2 N–H and O–H groups in total. The van der Waals surface area contributed by atoms with Crippen molar-refractivity contribution >= 4 is 29.1 Å². The van der Waals surface area contributed by atoms with Crippen molar-refractivity contribution in [3.8, 4) is 0 Å². The Labute approximate surface area is 146 Å². The third kappa shape index (κ3) is 3.93. The van der Waals surface area contributed by atoms with Crippen molar-refractivity contribution in [1.82, 2.24) is 9.97 Å². The molecule has 0 spiro atoms. The molecule has 23 heavy (non-hydrogen) atoms. The lowest BCUT2D eigenvalue weighted by molar-refractivity contribution is -0.121. The van der Waals surface area contributed by atoms with Gasteiger partial charge in [0.2, 0.25) is 11.2 Å². The van der Waals surface area contributed by atoms with Crippen molar-refractivity contribution in [2.45, 2.75) is 46.0 Å². The van der Waals surface area contributed by atoms with Crippen LogP contribution in [0.3, 0.4) is 0 Å². The van der Waals surface area contributed by atoms with Crippen LogP contribution in [0.4, 0.5) is 0 Å². The van der Waals surface area contributed by atoms with Gasteiger partial charge >= 0.3 is 0 Å². The van der Waals surface area contributed by atoms with E-state index in [-0.39, 0.29) is 11.2 Å². The first kappa shape index (κ1) is 18.0. The smallest absolute Gasteiger partial charge is 0.228 e. The maximum atomic E-state index is 11.9. The topological polar surface area (TPSA) is 68.9 Å². The minimum Gasteiger partial charge on any atom is -0.369 e. The summed E-state index contributed by atoms with van der Waals surface area (Å²) in [6.07, 6.45) is 9.57. The van der Waals surface area contributed by atoms with E-state index in [4.69, 9.17) is 28.9 Å². The highest BCUT2D eigenvalue weighted by Crippen LogP contribution is 2.54. The van der Waals surface area contributed by atoms with Gasteiger partial charge in [0.05, 0.1) is 22.3 Å². The Morgan fingerprint density at radius 1 is 1.43 bits per heavy atom. The second-order valence-electron chi connectivity index (χ2n) is 5.72. The highest BCUT2D eigenvalue weighted by Gasteiger charge is 2.51. The number of nitrogens with two attached hydrogens (primary N) is 1. The lowest BCUT2D eigenvalue weighted by Gasteiger charge is -2.19. The fraction of sp³-hybridized carbons (Fsp3) is 0.471. The number of primary amides is 1. The number of rotatable bonds is 7. The molecular formula is C17H21Cl2N3O. The molecule has 0 unspecified atom stereocenters. The number of hydrogen-bond donors (Lipinski definition) is 1. The van der Waals surface area contributed by atoms with Crippen LogP contribution < -0.4 is 5.73 Å². The number of carbonyl (C=O) groups excluding carboxylic acids is 1. The molecule has 0 atom stereocenters. The summed E-state index contributed by atoms with van der Waals surface area (Å²) in [6, 6.07) is 0. The van der Waals surface area contributed by atoms with Crippen molar-refractivity contribution in [2.24, 2.45) is 11.1 Å². The van der Waals surface area contributed by atoms with E-state index in [1.807, 2.05) is 13.0 Å². The van der Waals surface area contributed by atoms with Crippen LogP contribution >= 0.6 is 23.2 Å². The molecule has 1 fully saturated rings. The van der Waals surface area contributed by atoms with Crippen LogP contribution in [-0.4, -0.2) is 15.9 Å². The van der Waals surface area contributed by atoms with Crippen LogP contribution in [0, 0.1) is 5.41 Å². The number of nitrogens with zero attached hydrogens (tertiary/aromatic N) is 2. The first-order valence-corrected chi connectivity index (χ1v) is 8.53. The van der Waals surface area contributed by atoms with Crippen LogP contribution in [0.15, 0.2) is 29.5 Å². The van der Waals surface area contributed by atoms with Gasteiger partial charge in [-0.3, -0.25) is 4.79 Å². The van der Waals surface area contributed by atoms with E-state index >= 15 is 0 Å². The van der Waals surface area contributed by atoms with E-state index in [1.165, 1.54) is 6.20 Å². The molecule has 1 aromatic heterocycles. The van der Waals surface area contributed by atoms with Crippen LogP contribution in [0.1, 0.15) is 45.2 Å². The fourth-order valence-corrected chi connectivity index (χ4v) is 3.28. The highest BCUT2D eigenvalue weighted by molar-refractivity contribution is 6.31. The summed E-state index contributed by atoms with van der Waals surface area (Å²) >= 11 is 12.0. The molecular weight excluding hydrogens is 333 g/mol. The lowest BCUT2D eigenvalue weighted by Crippen LogP contribution is -2.27. The molecule has 1 saturated carbocycles. The quantitative estimate of drug-likeness (QED) is 0.587. The average Bonchev–Trinajstić information content (AvgIpc) is 3.30. The lowest BCUT2D eigenvalue weighted by atomic mass is 9.85. The molecule has 1 aromatic rings. The molecule has 2 rings (SSSR count). The first-order chi connectivity index (χ1) is 10.9. The highest BCUT2D eigenvalue weighted by atomic mass is 35.5. The van der Waals surface area contributed by atoms with E-state index in [0.717, 1.165) is 36.8 Å². The maximum Gasteiger partial charge on any atom is 0.228 e. The molecule has 124 valence electrons. The van der Waals surface area contributed by atoms with Gasteiger partial charge in [-0.1, -0.05) is 30.7 Å². The van der Waals surface area contributed by atoms with Crippen LogP contribution in [0.5, 0.6) is 0 Å². The van der Waals surface area contributed by atoms with Gasteiger partial charge in [-0.15, -0.1) is 0 Å². The molecule has 0 radical (unpaired) electrons. The molecule has 4 nitrogen and oxygen atoms in total. The van der Waals surface area contributed by atoms with Gasteiger partial charge in [0.1, 0.15) is 0 Å². The Balaban J connectivity index is 2.21. The number of carbonyl (C=O) groups is 1. The number of allylic oxidation sites excluding steroid dienone is 3. The Morgan fingerprint density at radius 3 is 2.65 bits per heavy atom. The monoisotopic (exact) mass is 353 g/mol. The van der Waals surface area contributed by atoms with Gasteiger partial charge in [0.25, 0.3) is 0 Å².